The Morgan fingerprint density at radius 2 is 2.31 bits per heavy atom. The summed E-state index contributed by atoms with van der Waals surface area (Å²) in [4.78, 5) is 4.26. The zero-order valence-electron chi connectivity index (χ0n) is 6.84. The number of rotatable bonds is 0. The second-order valence-corrected chi connectivity index (χ2v) is 4.23. The van der Waals surface area contributed by atoms with Gasteiger partial charge in [-0.1, -0.05) is 11.6 Å². The highest BCUT2D eigenvalue weighted by atomic mass is 35.5. The molecule has 64 valence electrons. The average Bonchev–Trinajstić information content (AvgIpc) is 2.48. The van der Waals surface area contributed by atoms with Gasteiger partial charge in [-0.25, -0.2) is 4.98 Å². The second-order valence-electron chi connectivity index (χ2n) is 2.62. The summed E-state index contributed by atoms with van der Waals surface area (Å²) in [5, 5.41) is 10.4. The van der Waals surface area contributed by atoms with Crippen molar-refractivity contribution in [1.82, 2.24) is 4.98 Å². The van der Waals surface area contributed by atoms with Gasteiger partial charge < -0.3 is 0 Å². The third-order valence-electron chi connectivity index (χ3n) is 1.72. The Kier molecular flexibility index (Phi) is 1.95. The van der Waals surface area contributed by atoms with Gasteiger partial charge in [-0.2, -0.15) is 5.26 Å². The Balaban J connectivity index is 2.94. The van der Waals surface area contributed by atoms with Gasteiger partial charge in [0.1, 0.15) is 11.6 Å². The Labute approximate surface area is 84.4 Å². The van der Waals surface area contributed by atoms with E-state index in [4.69, 9.17) is 16.9 Å². The fourth-order valence-corrected chi connectivity index (χ4v) is 2.33. The van der Waals surface area contributed by atoms with Crippen molar-refractivity contribution in [3.63, 3.8) is 0 Å². The molecule has 2 aromatic rings. The van der Waals surface area contributed by atoms with E-state index in [1.807, 2.05) is 6.92 Å². The van der Waals surface area contributed by atoms with E-state index in [1.165, 1.54) is 11.3 Å². The first-order valence-electron chi connectivity index (χ1n) is 3.68. The number of hydrogen-bond donors (Lipinski definition) is 0. The monoisotopic (exact) mass is 208 g/mol. The normalized spacial score (nSPS) is 10.2. The maximum atomic E-state index is 8.82. The molecular formula is C9H5ClN2S. The zero-order chi connectivity index (χ0) is 9.42. The molecule has 2 rings (SSSR count). The molecule has 0 radical (unpaired) electrons. The van der Waals surface area contributed by atoms with Gasteiger partial charge in [-0.15, -0.1) is 11.3 Å². The van der Waals surface area contributed by atoms with Crippen molar-refractivity contribution in [2.75, 3.05) is 0 Å². The van der Waals surface area contributed by atoms with Crippen LogP contribution in [0.3, 0.4) is 0 Å². The van der Waals surface area contributed by atoms with Gasteiger partial charge in [0.25, 0.3) is 0 Å². The molecule has 4 heteroatoms. The van der Waals surface area contributed by atoms with Gasteiger partial charge in [0, 0.05) is 0 Å². The van der Waals surface area contributed by atoms with Crippen LogP contribution in [0, 0.1) is 18.3 Å². The Bertz CT molecular complexity index is 510. The summed E-state index contributed by atoms with van der Waals surface area (Å²) < 4.78 is 0.882. The van der Waals surface area contributed by atoms with Crippen molar-refractivity contribution in [1.29, 1.82) is 5.26 Å². The maximum Gasteiger partial charge on any atom is 0.101 e. The van der Waals surface area contributed by atoms with Gasteiger partial charge >= 0.3 is 0 Å². The predicted octanol–water partition coefficient (Wildman–Crippen LogP) is 3.13. The summed E-state index contributed by atoms with van der Waals surface area (Å²) >= 11 is 7.43. The summed E-state index contributed by atoms with van der Waals surface area (Å²) in [5.41, 5.74) is 1.38. The van der Waals surface area contributed by atoms with E-state index in [-0.39, 0.29) is 0 Å². The molecule has 0 saturated heterocycles. The van der Waals surface area contributed by atoms with E-state index in [2.05, 4.69) is 11.1 Å². The molecule has 1 aromatic carbocycles. The molecule has 0 N–H and O–H groups in total. The van der Waals surface area contributed by atoms with E-state index in [9.17, 15) is 0 Å². The van der Waals surface area contributed by atoms with Gasteiger partial charge in [0.15, 0.2) is 0 Å². The lowest BCUT2D eigenvalue weighted by atomic mass is 10.2. The summed E-state index contributed by atoms with van der Waals surface area (Å²) in [6.07, 6.45) is 0. The number of aryl methyl sites for hydroxylation is 1. The second kappa shape index (κ2) is 2.99. The highest BCUT2D eigenvalue weighted by molar-refractivity contribution is 7.18. The van der Waals surface area contributed by atoms with Crippen LogP contribution < -0.4 is 0 Å². The lowest BCUT2D eigenvalue weighted by molar-refractivity contribution is 1.35. The molecule has 2 nitrogen and oxygen atoms in total. The van der Waals surface area contributed by atoms with E-state index in [1.54, 1.807) is 12.1 Å². The lowest BCUT2D eigenvalue weighted by Crippen LogP contribution is -1.76. The van der Waals surface area contributed by atoms with Crippen LogP contribution in [0.15, 0.2) is 12.1 Å². The molecule has 0 aliphatic heterocycles. The van der Waals surface area contributed by atoms with Crippen molar-refractivity contribution in [3.05, 3.63) is 27.7 Å². The molecular weight excluding hydrogens is 204 g/mol. The van der Waals surface area contributed by atoms with Crippen LogP contribution in [0.1, 0.15) is 10.6 Å². The first-order chi connectivity index (χ1) is 6.22. The van der Waals surface area contributed by atoms with Crippen LogP contribution in [-0.4, -0.2) is 4.98 Å². The molecule has 0 bridgehead atoms. The number of fused-ring (bicyclic) bond motifs is 1. The standard InChI is InChI=1S/C9H5ClN2S/c1-5-12-8-7(10)3-2-6(4-11)9(8)13-5/h2-3H,1H3. The minimum atomic E-state index is 0.610. The largest absolute Gasteiger partial charge is 0.240 e. The highest BCUT2D eigenvalue weighted by Gasteiger charge is 2.08. The fraction of sp³-hybridized carbons (Fsp3) is 0.111. The van der Waals surface area contributed by atoms with Crippen molar-refractivity contribution in [3.8, 4) is 6.07 Å². The number of aromatic nitrogens is 1. The van der Waals surface area contributed by atoms with Crippen LogP contribution in [0.5, 0.6) is 0 Å². The average molecular weight is 209 g/mol. The molecule has 0 aliphatic carbocycles. The third-order valence-corrected chi connectivity index (χ3v) is 3.03. The summed E-state index contributed by atoms with van der Waals surface area (Å²) in [6.45, 7) is 1.90. The summed E-state index contributed by atoms with van der Waals surface area (Å²) in [7, 11) is 0. The third kappa shape index (κ3) is 1.28. The molecule has 0 aliphatic rings. The molecule has 0 fully saturated rings. The van der Waals surface area contributed by atoms with Crippen LogP contribution in [-0.2, 0) is 0 Å². The van der Waals surface area contributed by atoms with Crippen LogP contribution in [0.4, 0.5) is 0 Å². The number of nitrogens with zero attached hydrogens (tertiary/aromatic N) is 2. The van der Waals surface area contributed by atoms with Crippen molar-refractivity contribution in [2.45, 2.75) is 6.92 Å². The fourth-order valence-electron chi connectivity index (χ4n) is 1.17. The van der Waals surface area contributed by atoms with Gasteiger partial charge in [-0.05, 0) is 19.1 Å². The first kappa shape index (κ1) is 8.49. The highest BCUT2D eigenvalue weighted by Crippen LogP contribution is 2.30. The van der Waals surface area contributed by atoms with Crippen molar-refractivity contribution in [2.24, 2.45) is 0 Å². The topological polar surface area (TPSA) is 36.7 Å². The zero-order valence-corrected chi connectivity index (χ0v) is 8.41. The molecule has 1 heterocycles. The lowest BCUT2D eigenvalue weighted by Gasteiger charge is -1.92. The van der Waals surface area contributed by atoms with Crippen molar-refractivity contribution < 1.29 is 0 Å². The van der Waals surface area contributed by atoms with Crippen LogP contribution in [0.25, 0.3) is 10.2 Å². The molecule has 1 aromatic heterocycles. The van der Waals surface area contributed by atoms with Gasteiger partial charge in [0.05, 0.1) is 20.3 Å². The molecule has 0 amide bonds. The summed E-state index contributed by atoms with van der Waals surface area (Å²) in [5.74, 6) is 0. The number of thiazole rings is 1. The van der Waals surface area contributed by atoms with Crippen LogP contribution >= 0.6 is 22.9 Å². The Morgan fingerprint density at radius 3 is 3.00 bits per heavy atom. The number of nitriles is 1. The van der Waals surface area contributed by atoms with E-state index in [0.29, 0.717) is 10.6 Å². The SMILES string of the molecule is Cc1nc2c(Cl)ccc(C#N)c2s1. The number of halogens is 1. The number of benzene rings is 1. The first-order valence-corrected chi connectivity index (χ1v) is 4.87. The summed E-state index contributed by atoms with van der Waals surface area (Å²) in [6, 6.07) is 5.56. The quantitative estimate of drug-likeness (QED) is 0.667. The van der Waals surface area contributed by atoms with Gasteiger partial charge in [-0.3, -0.25) is 0 Å². The molecule has 0 unspecified atom stereocenters. The number of hydrogen-bond acceptors (Lipinski definition) is 3. The van der Waals surface area contributed by atoms with Gasteiger partial charge in [0.2, 0.25) is 0 Å². The van der Waals surface area contributed by atoms with Crippen molar-refractivity contribution >= 4 is 33.2 Å². The maximum absolute atomic E-state index is 8.82. The predicted molar refractivity (Wildman–Crippen MR) is 54.1 cm³/mol. The van der Waals surface area contributed by atoms with E-state index < -0.39 is 0 Å². The molecule has 0 spiro atoms. The van der Waals surface area contributed by atoms with E-state index in [0.717, 1.165) is 15.2 Å². The van der Waals surface area contributed by atoms with Crippen LogP contribution in [0.2, 0.25) is 5.02 Å². The minimum Gasteiger partial charge on any atom is -0.240 e. The minimum absolute atomic E-state index is 0.610. The molecule has 0 saturated carbocycles. The Morgan fingerprint density at radius 1 is 1.54 bits per heavy atom. The Hall–Kier alpha value is -1.11. The van der Waals surface area contributed by atoms with E-state index >= 15 is 0 Å². The smallest absolute Gasteiger partial charge is 0.101 e. The molecule has 13 heavy (non-hydrogen) atoms. The molecule has 0 atom stereocenters.